The zero-order chi connectivity index (χ0) is 18.0. The Labute approximate surface area is 150 Å². The van der Waals surface area contributed by atoms with Crippen LogP contribution in [-0.2, 0) is 4.79 Å². The molecule has 0 aliphatic carbocycles. The molecule has 4 nitrogen and oxygen atoms in total. The lowest BCUT2D eigenvalue weighted by Crippen LogP contribution is -2.41. The molecule has 2 aromatic rings. The number of rotatable bonds is 4. The molecule has 0 radical (unpaired) electrons. The molecule has 0 spiro atoms. The van der Waals surface area contributed by atoms with Crippen molar-refractivity contribution in [2.24, 2.45) is 5.73 Å². The minimum Gasteiger partial charge on any atom is -0.326 e. The van der Waals surface area contributed by atoms with Crippen molar-refractivity contribution in [2.75, 3.05) is 18.4 Å². The van der Waals surface area contributed by atoms with Crippen molar-refractivity contribution in [3.63, 3.8) is 0 Å². The van der Waals surface area contributed by atoms with E-state index in [1.165, 1.54) is 16.7 Å². The Balaban J connectivity index is 1.65. The van der Waals surface area contributed by atoms with Crippen molar-refractivity contribution < 1.29 is 4.79 Å². The third-order valence-electron chi connectivity index (χ3n) is 5.32. The van der Waals surface area contributed by atoms with E-state index in [-0.39, 0.29) is 23.9 Å². The smallest absolute Gasteiger partial charge is 0.241 e. The summed E-state index contributed by atoms with van der Waals surface area (Å²) in [5.41, 5.74) is 10.9. The van der Waals surface area contributed by atoms with Gasteiger partial charge in [0.05, 0.1) is 6.04 Å². The first-order chi connectivity index (χ1) is 12.0. The summed E-state index contributed by atoms with van der Waals surface area (Å²) in [6.07, 6.45) is 0. The minimum atomic E-state index is -0.207. The summed E-state index contributed by atoms with van der Waals surface area (Å²) in [5.74, 6) is 0.294. The van der Waals surface area contributed by atoms with E-state index in [1.54, 1.807) is 0 Å². The second-order valence-corrected chi connectivity index (χ2v) is 7.10. The largest absolute Gasteiger partial charge is 0.326 e. The third-order valence-corrected chi connectivity index (χ3v) is 5.32. The quantitative estimate of drug-likeness (QED) is 0.901. The number of hydrogen-bond donors (Lipinski definition) is 2. The maximum absolute atomic E-state index is 12.7. The van der Waals surface area contributed by atoms with Crippen LogP contribution in [0.4, 0.5) is 5.69 Å². The Bertz CT molecular complexity index is 744. The standard InChI is InChI=1S/C21H27N3O/c1-14-9-10-18(11-15(14)2)23-21(25)16(3)24-12-19(20(22)13-24)17-7-5-4-6-8-17/h4-11,16,19-20H,12-13,22H2,1-3H3,(H,23,25)/t16?,19-,20+/m0/s1. The van der Waals surface area contributed by atoms with Crippen LogP contribution in [-0.4, -0.2) is 36.0 Å². The average molecular weight is 337 g/mol. The first-order valence-corrected chi connectivity index (χ1v) is 8.88. The molecule has 1 aliphatic heterocycles. The van der Waals surface area contributed by atoms with Crippen LogP contribution < -0.4 is 11.1 Å². The van der Waals surface area contributed by atoms with Gasteiger partial charge in [-0.2, -0.15) is 0 Å². The third kappa shape index (κ3) is 3.91. The highest BCUT2D eigenvalue weighted by molar-refractivity contribution is 5.94. The molecule has 1 saturated heterocycles. The van der Waals surface area contributed by atoms with E-state index in [4.69, 9.17) is 5.73 Å². The van der Waals surface area contributed by atoms with Crippen LogP contribution in [0.5, 0.6) is 0 Å². The Morgan fingerprint density at radius 3 is 2.52 bits per heavy atom. The molecule has 1 amide bonds. The maximum Gasteiger partial charge on any atom is 0.241 e. The van der Waals surface area contributed by atoms with Gasteiger partial charge in [0, 0.05) is 30.7 Å². The van der Waals surface area contributed by atoms with Gasteiger partial charge in [-0.25, -0.2) is 0 Å². The number of carbonyl (C=O) groups excluding carboxylic acids is 1. The molecular weight excluding hydrogens is 310 g/mol. The van der Waals surface area contributed by atoms with Gasteiger partial charge < -0.3 is 11.1 Å². The van der Waals surface area contributed by atoms with Crippen molar-refractivity contribution >= 4 is 11.6 Å². The normalized spacial score (nSPS) is 21.9. The lowest BCUT2D eigenvalue weighted by atomic mass is 9.95. The summed E-state index contributed by atoms with van der Waals surface area (Å²) in [4.78, 5) is 14.8. The van der Waals surface area contributed by atoms with Gasteiger partial charge >= 0.3 is 0 Å². The van der Waals surface area contributed by atoms with Crippen LogP contribution in [0.1, 0.15) is 29.5 Å². The topological polar surface area (TPSA) is 58.4 Å². The van der Waals surface area contributed by atoms with Crippen molar-refractivity contribution in [1.29, 1.82) is 0 Å². The molecule has 0 bridgehead atoms. The fraction of sp³-hybridized carbons (Fsp3) is 0.381. The number of benzene rings is 2. The minimum absolute atomic E-state index is 0.0177. The summed E-state index contributed by atoms with van der Waals surface area (Å²) in [6.45, 7) is 7.63. The van der Waals surface area contributed by atoms with Gasteiger partial charge in [-0.05, 0) is 49.6 Å². The second-order valence-electron chi connectivity index (χ2n) is 7.10. The highest BCUT2D eigenvalue weighted by Crippen LogP contribution is 2.28. The molecule has 4 heteroatoms. The van der Waals surface area contributed by atoms with Crippen LogP contribution in [0.25, 0.3) is 0 Å². The number of amides is 1. The van der Waals surface area contributed by atoms with Gasteiger partial charge in [0.2, 0.25) is 5.91 Å². The van der Waals surface area contributed by atoms with Gasteiger partial charge in [0.1, 0.15) is 0 Å². The fourth-order valence-electron chi connectivity index (χ4n) is 3.46. The predicted octanol–water partition coefficient (Wildman–Crippen LogP) is 3.06. The number of aryl methyl sites for hydroxylation is 2. The Kier molecular flexibility index (Phi) is 5.21. The van der Waals surface area contributed by atoms with E-state index in [2.05, 4.69) is 36.2 Å². The number of nitrogens with one attached hydrogen (secondary N) is 1. The highest BCUT2D eigenvalue weighted by Gasteiger charge is 2.35. The second kappa shape index (κ2) is 7.38. The van der Waals surface area contributed by atoms with Gasteiger partial charge in [-0.1, -0.05) is 36.4 Å². The van der Waals surface area contributed by atoms with Crippen molar-refractivity contribution in [3.05, 3.63) is 65.2 Å². The summed E-state index contributed by atoms with van der Waals surface area (Å²) in [7, 11) is 0. The first-order valence-electron chi connectivity index (χ1n) is 8.88. The molecule has 3 N–H and O–H groups in total. The summed E-state index contributed by atoms with van der Waals surface area (Å²) < 4.78 is 0. The first kappa shape index (κ1) is 17.6. The number of nitrogens with two attached hydrogens (primary N) is 1. The number of hydrogen-bond acceptors (Lipinski definition) is 3. The molecule has 2 aromatic carbocycles. The van der Waals surface area contributed by atoms with E-state index < -0.39 is 0 Å². The molecule has 3 rings (SSSR count). The molecule has 1 unspecified atom stereocenters. The number of nitrogens with zero attached hydrogens (tertiary/aromatic N) is 1. The van der Waals surface area contributed by atoms with Gasteiger partial charge in [-0.15, -0.1) is 0 Å². The lowest BCUT2D eigenvalue weighted by molar-refractivity contribution is -0.120. The van der Waals surface area contributed by atoms with Crippen molar-refractivity contribution in [3.8, 4) is 0 Å². The molecule has 1 heterocycles. The molecule has 132 valence electrons. The van der Waals surface area contributed by atoms with Gasteiger partial charge in [-0.3, -0.25) is 9.69 Å². The zero-order valence-electron chi connectivity index (χ0n) is 15.2. The maximum atomic E-state index is 12.7. The Hall–Kier alpha value is -2.17. The molecule has 1 aliphatic rings. The lowest BCUT2D eigenvalue weighted by Gasteiger charge is -2.23. The van der Waals surface area contributed by atoms with Crippen molar-refractivity contribution in [1.82, 2.24) is 4.90 Å². The van der Waals surface area contributed by atoms with Crippen LogP contribution >= 0.6 is 0 Å². The molecular formula is C21H27N3O. The van der Waals surface area contributed by atoms with E-state index >= 15 is 0 Å². The van der Waals surface area contributed by atoms with Gasteiger partial charge in [0.25, 0.3) is 0 Å². The molecule has 25 heavy (non-hydrogen) atoms. The summed E-state index contributed by atoms with van der Waals surface area (Å²) >= 11 is 0. The monoisotopic (exact) mass is 337 g/mol. The number of carbonyl (C=O) groups is 1. The van der Waals surface area contributed by atoms with Crippen LogP contribution in [0.15, 0.2) is 48.5 Å². The summed E-state index contributed by atoms with van der Waals surface area (Å²) in [5, 5.41) is 3.03. The Morgan fingerprint density at radius 1 is 1.12 bits per heavy atom. The van der Waals surface area contributed by atoms with E-state index in [9.17, 15) is 4.79 Å². The molecule has 0 saturated carbocycles. The van der Waals surface area contributed by atoms with E-state index in [0.29, 0.717) is 0 Å². The molecule has 3 atom stereocenters. The molecule has 1 fully saturated rings. The number of likely N-dealkylation sites (tertiary alicyclic amines) is 1. The SMILES string of the molecule is Cc1ccc(NC(=O)C(C)N2C[C@@H](N)[C@H](c3ccccc3)C2)cc1C. The zero-order valence-corrected chi connectivity index (χ0v) is 15.2. The molecule has 0 aromatic heterocycles. The van der Waals surface area contributed by atoms with Crippen LogP contribution in [0.2, 0.25) is 0 Å². The van der Waals surface area contributed by atoms with Crippen LogP contribution in [0, 0.1) is 13.8 Å². The van der Waals surface area contributed by atoms with E-state index in [1.807, 2.05) is 43.3 Å². The van der Waals surface area contributed by atoms with Gasteiger partial charge in [0.15, 0.2) is 0 Å². The summed E-state index contributed by atoms with van der Waals surface area (Å²) in [6, 6.07) is 16.2. The average Bonchev–Trinajstić information content (AvgIpc) is 3.00. The predicted molar refractivity (Wildman–Crippen MR) is 103 cm³/mol. The van der Waals surface area contributed by atoms with Crippen LogP contribution in [0.3, 0.4) is 0 Å². The number of anilines is 1. The Morgan fingerprint density at radius 2 is 1.84 bits per heavy atom. The van der Waals surface area contributed by atoms with Crippen molar-refractivity contribution in [2.45, 2.75) is 38.8 Å². The fourth-order valence-corrected chi connectivity index (χ4v) is 3.46. The van der Waals surface area contributed by atoms with E-state index in [0.717, 1.165) is 18.8 Å². The highest BCUT2D eigenvalue weighted by atomic mass is 16.2.